The van der Waals surface area contributed by atoms with Crippen LogP contribution in [0.1, 0.15) is 23.5 Å². The van der Waals surface area contributed by atoms with Gasteiger partial charge >= 0.3 is 0 Å². The molecule has 2 unspecified atom stereocenters. The van der Waals surface area contributed by atoms with Gasteiger partial charge in [-0.05, 0) is 31.0 Å². The average molecular weight is 300 g/mol. The molecule has 4 nitrogen and oxygen atoms in total. The number of benzene rings is 1. The van der Waals surface area contributed by atoms with Crippen molar-refractivity contribution in [3.05, 3.63) is 59.5 Å². The first kappa shape index (κ1) is 15.3. The number of aliphatic hydroxyl groups is 1. The van der Waals surface area contributed by atoms with Gasteiger partial charge in [0.2, 0.25) is 0 Å². The molecule has 2 atom stereocenters. The maximum atomic E-state index is 9.98. The number of hydrogen-bond donors (Lipinski definition) is 2. The number of furan rings is 1. The summed E-state index contributed by atoms with van der Waals surface area (Å²) in [5.41, 5.74) is 1.29. The average Bonchev–Trinajstić information content (AvgIpc) is 3.06. The molecular weight excluding hydrogens is 276 g/mol. The summed E-state index contributed by atoms with van der Waals surface area (Å²) in [6.07, 6.45) is 0.609. The lowest BCUT2D eigenvalue weighted by Crippen LogP contribution is -2.37. The third-order valence-electron chi connectivity index (χ3n) is 4.21. The van der Waals surface area contributed by atoms with Gasteiger partial charge in [0.15, 0.2) is 0 Å². The highest BCUT2D eigenvalue weighted by Crippen LogP contribution is 2.20. The largest absolute Gasteiger partial charge is 0.465 e. The van der Waals surface area contributed by atoms with Crippen LogP contribution in [0.3, 0.4) is 0 Å². The van der Waals surface area contributed by atoms with E-state index in [-0.39, 0.29) is 6.10 Å². The van der Waals surface area contributed by atoms with Crippen molar-refractivity contribution in [1.82, 2.24) is 10.2 Å². The van der Waals surface area contributed by atoms with Gasteiger partial charge in [0.25, 0.3) is 0 Å². The zero-order valence-electron chi connectivity index (χ0n) is 13.0. The third kappa shape index (κ3) is 3.97. The molecule has 1 saturated heterocycles. The summed E-state index contributed by atoms with van der Waals surface area (Å²) < 4.78 is 5.57. The molecule has 2 heterocycles. The molecular formula is C18H24N2O2. The molecule has 1 aromatic heterocycles. The second kappa shape index (κ2) is 7.09. The number of likely N-dealkylation sites (tertiary alicyclic amines) is 1. The summed E-state index contributed by atoms with van der Waals surface area (Å²) in [4.78, 5) is 2.36. The van der Waals surface area contributed by atoms with Crippen molar-refractivity contribution in [3.8, 4) is 0 Å². The predicted octanol–water partition coefficient (Wildman–Crippen LogP) is 2.31. The smallest absolute Gasteiger partial charge is 0.117 e. The number of aliphatic hydroxyl groups excluding tert-OH is 1. The maximum Gasteiger partial charge on any atom is 0.117 e. The molecule has 0 spiro atoms. The van der Waals surface area contributed by atoms with Crippen LogP contribution < -0.4 is 5.32 Å². The zero-order chi connectivity index (χ0) is 15.4. The van der Waals surface area contributed by atoms with Gasteiger partial charge in [-0.25, -0.2) is 0 Å². The van der Waals surface area contributed by atoms with Crippen LogP contribution in [0.2, 0.25) is 0 Å². The molecule has 1 aromatic carbocycles. The number of nitrogens with one attached hydrogen (secondary N) is 1. The van der Waals surface area contributed by atoms with Crippen molar-refractivity contribution in [3.63, 3.8) is 0 Å². The standard InChI is InChI=1S/C18H24N2O2/c1-14-7-8-18(22-14)11-19-10-16-9-17(21)13-20(16)12-15-5-3-2-4-6-15/h2-8,16-17,19,21H,9-13H2,1H3. The van der Waals surface area contributed by atoms with Crippen LogP contribution in [0, 0.1) is 6.92 Å². The van der Waals surface area contributed by atoms with Crippen molar-refractivity contribution in [2.75, 3.05) is 13.1 Å². The molecule has 118 valence electrons. The highest BCUT2D eigenvalue weighted by molar-refractivity contribution is 5.15. The molecule has 22 heavy (non-hydrogen) atoms. The highest BCUT2D eigenvalue weighted by Gasteiger charge is 2.30. The second-order valence-electron chi connectivity index (χ2n) is 6.10. The predicted molar refractivity (Wildman–Crippen MR) is 86.4 cm³/mol. The number of aryl methyl sites for hydroxylation is 1. The molecule has 0 amide bonds. The van der Waals surface area contributed by atoms with Crippen molar-refractivity contribution in [2.45, 2.75) is 38.6 Å². The third-order valence-corrected chi connectivity index (χ3v) is 4.21. The minimum atomic E-state index is -0.221. The molecule has 2 N–H and O–H groups in total. The van der Waals surface area contributed by atoms with Crippen molar-refractivity contribution in [1.29, 1.82) is 0 Å². The van der Waals surface area contributed by atoms with E-state index < -0.39 is 0 Å². The quantitative estimate of drug-likeness (QED) is 0.859. The Labute approximate surface area is 131 Å². The van der Waals surface area contributed by atoms with Gasteiger partial charge in [-0.3, -0.25) is 4.90 Å². The fourth-order valence-electron chi connectivity index (χ4n) is 3.12. The first-order valence-electron chi connectivity index (χ1n) is 7.93. The molecule has 1 aliphatic rings. The van der Waals surface area contributed by atoms with Gasteiger partial charge < -0.3 is 14.8 Å². The number of rotatable bonds is 6. The maximum absolute atomic E-state index is 9.98. The molecule has 2 aromatic rings. The minimum Gasteiger partial charge on any atom is -0.465 e. The van der Waals surface area contributed by atoms with Gasteiger partial charge in [0.05, 0.1) is 12.6 Å². The van der Waals surface area contributed by atoms with Gasteiger partial charge in [-0.15, -0.1) is 0 Å². The van der Waals surface area contributed by atoms with Crippen LogP contribution in [0.15, 0.2) is 46.9 Å². The van der Waals surface area contributed by atoms with Gasteiger partial charge in [0.1, 0.15) is 11.5 Å². The van der Waals surface area contributed by atoms with Crippen LogP contribution in [0.5, 0.6) is 0 Å². The summed E-state index contributed by atoms with van der Waals surface area (Å²) in [5.74, 6) is 1.91. The monoisotopic (exact) mass is 300 g/mol. The second-order valence-corrected chi connectivity index (χ2v) is 6.10. The molecule has 0 radical (unpaired) electrons. The Kier molecular flexibility index (Phi) is 4.93. The Morgan fingerprint density at radius 3 is 2.77 bits per heavy atom. The van der Waals surface area contributed by atoms with Crippen molar-refractivity contribution >= 4 is 0 Å². The number of nitrogens with zero attached hydrogens (tertiary/aromatic N) is 1. The van der Waals surface area contributed by atoms with E-state index in [1.165, 1.54) is 5.56 Å². The van der Waals surface area contributed by atoms with E-state index in [0.29, 0.717) is 6.04 Å². The van der Waals surface area contributed by atoms with Crippen LogP contribution >= 0.6 is 0 Å². The molecule has 0 aliphatic carbocycles. The van der Waals surface area contributed by atoms with E-state index in [1.807, 2.05) is 25.1 Å². The summed E-state index contributed by atoms with van der Waals surface area (Å²) >= 11 is 0. The Hall–Kier alpha value is -1.62. The molecule has 3 rings (SSSR count). The topological polar surface area (TPSA) is 48.6 Å². The van der Waals surface area contributed by atoms with Crippen LogP contribution in [0.25, 0.3) is 0 Å². The Bertz CT molecular complexity index is 582. The van der Waals surface area contributed by atoms with Crippen LogP contribution in [-0.2, 0) is 13.1 Å². The van der Waals surface area contributed by atoms with Crippen molar-refractivity contribution in [2.24, 2.45) is 0 Å². The highest BCUT2D eigenvalue weighted by atomic mass is 16.3. The van der Waals surface area contributed by atoms with E-state index in [1.54, 1.807) is 0 Å². The Balaban J connectivity index is 1.52. The molecule has 4 heteroatoms. The lowest BCUT2D eigenvalue weighted by atomic mass is 10.1. The lowest BCUT2D eigenvalue weighted by molar-refractivity contribution is 0.172. The Morgan fingerprint density at radius 2 is 2.05 bits per heavy atom. The fraction of sp³-hybridized carbons (Fsp3) is 0.444. The van der Waals surface area contributed by atoms with Crippen molar-refractivity contribution < 1.29 is 9.52 Å². The minimum absolute atomic E-state index is 0.221. The number of β-amino-alcohol motifs (C(OH)–C–C–N with tert-alkyl or cyclic N) is 1. The lowest BCUT2D eigenvalue weighted by Gasteiger charge is -2.24. The van der Waals surface area contributed by atoms with E-state index in [4.69, 9.17) is 4.42 Å². The van der Waals surface area contributed by atoms with Gasteiger partial charge in [0, 0.05) is 25.7 Å². The van der Waals surface area contributed by atoms with Gasteiger partial charge in [-0.2, -0.15) is 0 Å². The normalized spacial score (nSPS) is 22.3. The summed E-state index contributed by atoms with van der Waals surface area (Å²) in [6.45, 7) is 5.20. The van der Waals surface area contributed by atoms with E-state index >= 15 is 0 Å². The summed E-state index contributed by atoms with van der Waals surface area (Å²) in [7, 11) is 0. The fourth-order valence-corrected chi connectivity index (χ4v) is 3.12. The zero-order valence-corrected chi connectivity index (χ0v) is 13.0. The van der Waals surface area contributed by atoms with E-state index in [0.717, 1.165) is 44.1 Å². The first-order valence-corrected chi connectivity index (χ1v) is 7.93. The molecule has 1 fully saturated rings. The Morgan fingerprint density at radius 1 is 1.23 bits per heavy atom. The molecule has 0 bridgehead atoms. The van der Waals surface area contributed by atoms with Gasteiger partial charge in [-0.1, -0.05) is 30.3 Å². The van der Waals surface area contributed by atoms with E-state index in [9.17, 15) is 5.11 Å². The molecule has 1 aliphatic heterocycles. The molecule has 0 saturated carbocycles. The first-order chi connectivity index (χ1) is 10.7. The van der Waals surface area contributed by atoms with Crippen LogP contribution in [0.4, 0.5) is 0 Å². The SMILES string of the molecule is Cc1ccc(CNCC2CC(O)CN2Cc2ccccc2)o1. The summed E-state index contributed by atoms with van der Waals surface area (Å²) in [5, 5.41) is 13.4. The van der Waals surface area contributed by atoms with Crippen LogP contribution in [-0.4, -0.2) is 35.2 Å². The van der Waals surface area contributed by atoms with E-state index in [2.05, 4.69) is 34.5 Å². The number of hydrogen-bond acceptors (Lipinski definition) is 4. The summed E-state index contributed by atoms with van der Waals surface area (Å²) in [6, 6.07) is 14.8.